The maximum absolute atomic E-state index is 14.9. The molecular weight excluding hydrogens is 455 g/mol. The Morgan fingerprint density at radius 2 is 1.97 bits per heavy atom. The van der Waals surface area contributed by atoms with Gasteiger partial charge in [-0.05, 0) is 31.9 Å². The molecule has 0 radical (unpaired) electrons. The van der Waals surface area contributed by atoms with E-state index >= 15 is 0 Å². The first-order valence-corrected chi connectivity index (χ1v) is 11.0. The third kappa shape index (κ3) is 4.23. The van der Waals surface area contributed by atoms with E-state index in [0.29, 0.717) is 24.2 Å². The molecule has 1 fully saturated rings. The summed E-state index contributed by atoms with van der Waals surface area (Å²) in [4.78, 5) is 46.5. The lowest BCUT2D eigenvalue weighted by Gasteiger charge is -2.25. The molecule has 10 heteroatoms. The average molecular weight is 480 g/mol. The van der Waals surface area contributed by atoms with E-state index in [-0.39, 0.29) is 28.9 Å². The number of hydrogen-bond acceptors (Lipinski definition) is 6. The fourth-order valence-corrected chi connectivity index (χ4v) is 4.52. The minimum absolute atomic E-state index is 0.0925. The first-order valence-electron chi connectivity index (χ1n) is 11.0. The normalized spacial score (nSPS) is 17.3. The third-order valence-electron chi connectivity index (χ3n) is 6.18. The van der Waals surface area contributed by atoms with Crippen LogP contribution in [0.25, 0.3) is 5.76 Å². The molecule has 4 rings (SSSR count). The molecule has 1 amide bonds. The molecule has 0 spiro atoms. The van der Waals surface area contributed by atoms with Crippen LogP contribution in [0.5, 0.6) is 0 Å². The first kappa shape index (κ1) is 23.9. The highest BCUT2D eigenvalue weighted by Crippen LogP contribution is 2.41. The SMILES string of the molecule is COC(=O)c1[nH]c(C)c(C(O)=C2C(=O)C(=O)N(CCCn3ccnc3)[C@H]2c2ccccc2F)c1C. The number of carbonyl (C=O) groups excluding carboxylic acids is 3. The molecule has 3 aromatic rings. The summed E-state index contributed by atoms with van der Waals surface area (Å²) < 4.78 is 21.5. The van der Waals surface area contributed by atoms with Gasteiger partial charge in [0, 0.05) is 42.3 Å². The van der Waals surface area contributed by atoms with E-state index in [4.69, 9.17) is 4.74 Å². The van der Waals surface area contributed by atoms with Crippen molar-refractivity contribution in [1.29, 1.82) is 0 Å². The number of aromatic amines is 1. The molecule has 0 unspecified atom stereocenters. The zero-order chi connectivity index (χ0) is 25.3. The number of aromatic nitrogens is 3. The van der Waals surface area contributed by atoms with Gasteiger partial charge < -0.3 is 24.3 Å². The smallest absolute Gasteiger partial charge is 0.354 e. The van der Waals surface area contributed by atoms with E-state index in [2.05, 4.69) is 9.97 Å². The fourth-order valence-electron chi connectivity index (χ4n) is 4.52. The number of nitrogens with zero attached hydrogens (tertiary/aromatic N) is 3. The summed E-state index contributed by atoms with van der Waals surface area (Å²) >= 11 is 0. The van der Waals surface area contributed by atoms with Crippen LogP contribution in [0.3, 0.4) is 0 Å². The van der Waals surface area contributed by atoms with E-state index in [1.54, 1.807) is 38.6 Å². The van der Waals surface area contributed by atoms with Gasteiger partial charge in [-0.2, -0.15) is 0 Å². The molecule has 9 nitrogen and oxygen atoms in total. The molecule has 1 aliphatic rings. The third-order valence-corrected chi connectivity index (χ3v) is 6.18. The number of hydrogen-bond donors (Lipinski definition) is 2. The summed E-state index contributed by atoms with van der Waals surface area (Å²) in [5.74, 6) is -3.48. The molecule has 0 aliphatic carbocycles. The van der Waals surface area contributed by atoms with Gasteiger partial charge in [0.1, 0.15) is 17.3 Å². The maximum atomic E-state index is 14.9. The summed E-state index contributed by atoms with van der Waals surface area (Å²) in [6.07, 6.45) is 5.52. The molecule has 2 aromatic heterocycles. The second-order valence-electron chi connectivity index (χ2n) is 8.28. The molecule has 0 saturated carbocycles. The van der Waals surface area contributed by atoms with Crippen LogP contribution in [-0.2, 0) is 20.9 Å². The number of benzene rings is 1. The molecule has 2 N–H and O–H groups in total. The van der Waals surface area contributed by atoms with Crippen LogP contribution in [0.4, 0.5) is 4.39 Å². The van der Waals surface area contributed by atoms with Gasteiger partial charge in [-0.25, -0.2) is 14.2 Å². The fraction of sp³-hybridized carbons (Fsp3) is 0.280. The maximum Gasteiger partial charge on any atom is 0.354 e. The van der Waals surface area contributed by atoms with Crippen LogP contribution < -0.4 is 0 Å². The predicted molar refractivity (Wildman–Crippen MR) is 124 cm³/mol. The Morgan fingerprint density at radius 1 is 1.23 bits per heavy atom. The highest BCUT2D eigenvalue weighted by molar-refractivity contribution is 6.46. The van der Waals surface area contributed by atoms with Crippen LogP contribution in [-0.4, -0.2) is 55.9 Å². The number of Topliss-reactive ketones (excluding diaryl/α,β-unsaturated/α-hetero) is 1. The van der Waals surface area contributed by atoms with E-state index in [0.717, 1.165) is 0 Å². The zero-order valence-corrected chi connectivity index (χ0v) is 19.5. The lowest BCUT2D eigenvalue weighted by molar-refractivity contribution is -0.140. The highest BCUT2D eigenvalue weighted by atomic mass is 19.1. The van der Waals surface area contributed by atoms with E-state index in [1.165, 1.54) is 30.2 Å². The van der Waals surface area contributed by atoms with E-state index < -0.39 is 35.3 Å². The monoisotopic (exact) mass is 480 g/mol. The van der Waals surface area contributed by atoms with Crippen LogP contribution in [0.1, 0.15) is 45.3 Å². The number of ketones is 1. The average Bonchev–Trinajstić information content (AvgIpc) is 3.52. The molecule has 0 bridgehead atoms. The largest absolute Gasteiger partial charge is 0.507 e. The number of aliphatic hydroxyl groups is 1. The number of esters is 1. The summed E-state index contributed by atoms with van der Waals surface area (Å²) in [7, 11) is 1.23. The molecule has 3 heterocycles. The van der Waals surface area contributed by atoms with Crippen molar-refractivity contribution in [3.8, 4) is 0 Å². The number of amides is 1. The second kappa shape index (κ2) is 9.57. The van der Waals surface area contributed by atoms with Crippen molar-refractivity contribution in [1.82, 2.24) is 19.4 Å². The van der Waals surface area contributed by atoms with Crippen molar-refractivity contribution < 1.29 is 28.6 Å². The van der Waals surface area contributed by atoms with Crippen LogP contribution in [0, 0.1) is 19.7 Å². The zero-order valence-electron chi connectivity index (χ0n) is 19.5. The summed E-state index contributed by atoms with van der Waals surface area (Å²) in [5, 5.41) is 11.3. The number of H-pyrrole nitrogens is 1. The minimum atomic E-state index is -1.13. The summed E-state index contributed by atoms with van der Waals surface area (Å²) in [5.41, 5.74) is 0.926. The number of ether oxygens (including phenoxy) is 1. The van der Waals surface area contributed by atoms with Gasteiger partial charge in [-0.1, -0.05) is 18.2 Å². The van der Waals surface area contributed by atoms with Crippen LogP contribution in [0.2, 0.25) is 0 Å². The number of likely N-dealkylation sites (tertiary alicyclic amines) is 1. The molecular formula is C25H25FN4O5. The predicted octanol–water partition coefficient (Wildman–Crippen LogP) is 3.27. The highest BCUT2D eigenvalue weighted by Gasteiger charge is 2.47. The molecule has 1 aromatic carbocycles. The van der Waals surface area contributed by atoms with Crippen molar-refractivity contribution in [3.05, 3.63) is 82.5 Å². The number of carbonyl (C=O) groups is 3. The van der Waals surface area contributed by atoms with Crippen LogP contribution >= 0.6 is 0 Å². The molecule has 1 atom stereocenters. The number of rotatable bonds is 7. The van der Waals surface area contributed by atoms with Gasteiger partial charge >= 0.3 is 5.97 Å². The number of aliphatic hydroxyl groups excluding tert-OH is 1. The standard InChI is InChI=1S/C25H25FN4O5/c1-14-18(15(2)28-20(14)25(34)35-3)22(31)19-21(16-7-4-5-8-17(16)26)30(24(33)23(19)32)11-6-10-29-12-9-27-13-29/h4-5,7-9,12-13,21,28,31H,6,10-11H2,1-3H3/t21-/m0/s1. The first-order chi connectivity index (χ1) is 16.8. The minimum Gasteiger partial charge on any atom is -0.507 e. The van der Waals surface area contributed by atoms with Gasteiger partial charge in [-0.3, -0.25) is 9.59 Å². The molecule has 1 saturated heterocycles. The van der Waals surface area contributed by atoms with Crippen molar-refractivity contribution in [2.75, 3.05) is 13.7 Å². The van der Waals surface area contributed by atoms with Gasteiger partial charge in [0.05, 0.1) is 25.1 Å². The lowest BCUT2D eigenvalue weighted by atomic mass is 9.93. The molecule has 35 heavy (non-hydrogen) atoms. The second-order valence-corrected chi connectivity index (χ2v) is 8.28. The topological polar surface area (TPSA) is 118 Å². The summed E-state index contributed by atoms with van der Waals surface area (Å²) in [6, 6.07) is 4.70. The van der Waals surface area contributed by atoms with Crippen molar-refractivity contribution in [2.24, 2.45) is 0 Å². The Bertz CT molecular complexity index is 1330. The Labute approximate surface area is 200 Å². The number of aryl methyl sites for hydroxylation is 2. The number of nitrogens with one attached hydrogen (secondary N) is 1. The van der Waals surface area contributed by atoms with Gasteiger partial charge in [0.25, 0.3) is 11.7 Å². The quantitative estimate of drug-likeness (QED) is 0.232. The van der Waals surface area contributed by atoms with Crippen LogP contribution in [0.15, 0.2) is 48.6 Å². The van der Waals surface area contributed by atoms with Gasteiger partial charge in [0.2, 0.25) is 0 Å². The Hall–Kier alpha value is -4.21. The van der Waals surface area contributed by atoms with Gasteiger partial charge in [-0.15, -0.1) is 0 Å². The molecule has 182 valence electrons. The van der Waals surface area contributed by atoms with Crippen molar-refractivity contribution in [3.63, 3.8) is 0 Å². The Morgan fingerprint density at radius 3 is 2.63 bits per heavy atom. The van der Waals surface area contributed by atoms with Crippen molar-refractivity contribution in [2.45, 2.75) is 32.9 Å². The number of methoxy groups -OCH3 is 1. The molecule has 1 aliphatic heterocycles. The lowest BCUT2D eigenvalue weighted by Crippen LogP contribution is -2.31. The number of halogens is 1. The number of imidazole rings is 1. The Kier molecular flexibility index (Phi) is 6.54. The van der Waals surface area contributed by atoms with E-state index in [1.807, 2.05) is 4.57 Å². The summed E-state index contributed by atoms with van der Waals surface area (Å²) in [6.45, 7) is 3.89. The van der Waals surface area contributed by atoms with E-state index in [9.17, 15) is 23.9 Å². The van der Waals surface area contributed by atoms with Crippen molar-refractivity contribution >= 4 is 23.4 Å². The van der Waals surface area contributed by atoms with Gasteiger partial charge in [0.15, 0.2) is 0 Å². The Balaban J connectivity index is 1.81.